The first kappa shape index (κ1) is 15.4. The average Bonchev–Trinajstić information content (AvgIpc) is 3.19. The Balaban J connectivity index is 1.58. The van der Waals surface area contributed by atoms with Crippen molar-refractivity contribution >= 4 is 17.6 Å². The molecule has 7 heteroatoms. The summed E-state index contributed by atoms with van der Waals surface area (Å²) in [5.41, 5.74) is 0.609. The minimum Gasteiger partial charge on any atom is -0.872 e. The Hall–Kier alpha value is -3.09. The van der Waals surface area contributed by atoms with E-state index in [-0.39, 0.29) is 17.0 Å². The molecule has 1 spiro atoms. The van der Waals surface area contributed by atoms with E-state index in [1.165, 1.54) is 24.4 Å². The Kier molecular flexibility index (Phi) is 3.56. The first-order chi connectivity index (χ1) is 12.0. The zero-order valence-electron chi connectivity index (χ0n) is 13.3. The molecule has 128 valence electrons. The van der Waals surface area contributed by atoms with Crippen molar-refractivity contribution in [2.45, 2.75) is 31.5 Å². The van der Waals surface area contributed by atoms with Crippen LogP contribution in [0.25, 0.3) is 0 Å². The zero-order chi connectivity index (χ0) is 17.4. The molecular formula is C18H15N2O5-. The van der Waals surface area contributed by atoms with Crippen molar-refractivity contribution in [3.63, 3.8) is 0 Å². The predicted octanol–water partition coefficient (Wildman–Crippen LogP) is 3.46. The molecule has 0 unspecified atom stereocenters. The number of fused-ring (bicyclic) bond motifs is 1. The van der Waals surface area contributed by atoms with Crippen molar-refractivity contribution in [1.82, 2.24) is 0 Å². The molecule has 0 N–H and O–H groups in total. The van der Waals surface area contributed by atoms with E-state index in [9.17, 15) is 15.2 Å². The largest absolute Gasteiger partial charge is 0.872 e. The molecule has 1 aliphatic heterocycles. The van der Waals surface area contributed by atoms with Crippen LogP contribution in [-0.4, -0.2) is 16.9 Å². The molecule has 4 rings (SSSR count). The van der Waals surface area contributed by atoms with Crippen molar-refractivity contribution in [3.05, 3.63) is 52.1 Å². The molecule has 2 aromatic rings. The van der Waals surface area contributed by atoms with Crippen LogP contribution in [0.1, 0.15) is 31.2 Å². The van der Waals surface area contributed by atoms with Gasteiger partial charge in [0.15, 0.2) is 11.5 Å². The number of hydrogen-bond donors (Lipinski definition) is 0. The Bertz CT molecular complexity index is 872. The molecule has 1 heterocycles. The lowest BCUT2D eigenvalue weighted by molar-refractivity contribution is -0.385. The minimum atomic E-state index is -0.543. The number of non-ortho nitro benzene ring substituents is 1. The van der Waals surface area contributed by atoms with Gasteiger partial charge in [-0.2, -0.15) is 0 Å². The molecule has 25 heavy (non-hydrogen) atoms. The van der Waals surface area contributed by atoms with Crippen LogP contribution < -0.4 is 14.6 Å². The molecule has 0 radical (unpaired) electrons. The minimum absolute atomic E-state index is 0.144. The van der Waals surface area contributed by atoms with Crippen LogP contribution in [0.15, 0.2) is 41.4 Å². The van der Waals surface area contributed by atoms with Crippen LogP contribution in [0.3, 0.4) is 0 Å². The number of benzene rings is 2. The second kappa shape index (κ2) is 5.77. The maximum atomic E-state index is 11.8. The summed E-state index contributed by atoms with van der Waals surface area (Å²) < 4.78 is 11.9. The standard InChI is InChI=1S/C18H16N2O5/c21-15-5-4-14(20(22)23)9-12(15)11-19-13-3-6-16-17(10-13)25-18(24-16)7-1-2-8-18/h3-6,9-11,21H,1-2,7-8H2/p-1. The van der Waals surface area contributed by atoms with E-state index in [2.05, 4.69) is 4.99 Å². The van der Waals surface area contributed by atoms with Gasteiger partial charge in [-0.1, -0.05) is 11.8 Å². The molecule has 0 atom stereocenters. The van der Waals surface area contributed by atoms with E-state index in [1.807, 2.05) is 0 Å². The van der Waals surface area contributed by atoms with E-state index >= 15 is 0 Å². The van der Waals surface area contributed by atoms with Crippen LogP contribution in [0.5, 0.6) is 17.2 Å². The van der Waals surface area contributed by atoms with Gasteiger partial charge in [-0.05, 0) is 30.5 Å². The van der Waals surface area contributed by atoms with E-state index in [0.29, 0.717) is 17.2 Å². The second-order valence-corrected chi connectivity index (χ2v) is 6.19. The van der Waals surface area contributed by atoms with E-state index in [4.69, 9.17) is 9.47 Å². The number of nitro benzene ring substituents is 1. The van der Waals surface area contributed by atoms with Crippen molar-refractivity contribution in [2.75, 3.05) is 0 Å². The highest BCUT2D eigenvalue weighted by Gasteiger charge is 2.43. The van der Waals surface area contributed by atoms with E-state index < -0.39 is 10.7 Å². The maximum Gasteiger partial charge on any atom is 0.270 e. The molecule has 1 saturated carbocycles. The summed E-state index contributed by atoms with van der Waals surface area (Å²) in [4.78, 5) is 14.5. The fourth-order valence-electron chi connectivity index (χ4n) is 3.17. The average molecular weight is 339 g/mol. The fourth-order valence-corrected chi connectivity index (χ4v) is 3.17. The molecule has 1 aliphatic carbocycles. The van der Waals surface area contributed by atoms with Gasteiger partial charge in [-0.3, -0.25) is 15.1 Å². The lowest BCUT2D eigenvalue weighted by Crippen LogP contribution is -2.34. The summed E-state index contributed by atoms with van der Waals surface area (Å²) in [6.07, 6.45) is 5.23. The van der Waals surface area contributed by atoms with Gasteiger partial charge in [-0.15, -0.1) is 0 Å². The first-order valence-electron chi connectivity index (χ1n) is 8.06. The molecule has 2 aliphatic rings. The third kappa shape index (κ3) is 2.88. The van der Waals surface area contributed by atoms with Crippen LogP contribution in [0.2, 0.25) is 0 Å². The predicted molar refractivity (Wildman–Crippen MR) is 88.7 cm³/mol. The lowest BCUT2D eigenvalue weighted by atomic mass is 10.2. The van der Waals surface area contributed by atoms with E-state index in [1.54, 1.807) is 18.2 Å². The first-order valence-corrected chi connectivity index (χ1v) is 8.06. The van der Waals surface area contributed by atoms with Gasteiger partial charge < -0.3 is 14.6 Å². The molecule has 1 fully saturated rings. The fraction of sp³-hybridized carbons (Fsp3) is 0.278. The number of aliphatic imine (C=N–C) groups is 1. The maximum absolute atomic E-state index is 11.8. The SMILES string of the molecule is O=[N+]([O-])c1ccc([O-])c(C=Nc2ccc3c(c2)OC2(CCCC2)O3)c1. The molecule has 0 bridgehead atoms. The summed E-state index contributed by atoms with van der Waals surface area (Å²) in [7, 11) is 0. The highest BCUT2D eigenvalue weighted by Crippen LogP contribution is 2.47. The highest BCUT2D eigenvalue weighted by atomic mass is 16.7. The number of nitro groups is 1. The molecule has 7 nitrogen and oxygen atoms in total. The normalized spacial score (nSPS) is 17.4. The zero-order valence-corrected chi connectivity index (χ0v) is 13.3. The lowest BCUT2D eigenvalue weighted by Gasteiger charge is -2.21. The summed E-state index contributed by atoms with van der Waals surface area (Å²) in [5, 5.41) is 22.6. The number of rotatable bonds is 3. The third-order valence-electron chi connectivity index (χ3n) is 4.44. The van der Waals surface area contributed by atoms with Crippen LogP contribution in [0.4, 0.5) is 11.4 Å². The number of nitrogens with zero attached hydrogens (tertiary/aromatic N) is 2. The summed E-state index contributed by atoms with van der Waals surface area (Å²) >= 11 is 0. The monoisotopic (exact) mass is 339 g/mol. The summed E-state index contributed by atoms with van der Waals surface area (Å²) in [6, 6.07) is 8.87. The van der Waals surface area contributed by atoms with Gasteiger partial charge in [0, 0.05) is 37.3 Å². The van der Waals surface area contributed by atoms with Gasteiger partial charge in [0.2, 0.25) is 0 Å². The van der Waals surface area contributed by atoms with Gasteiger partial charge in [0.1, 0.15) is 0 Å². The third-order valence-corrected chi connectivity index (χ3v) is 4.44. The topological polar surface area (TPSA) is 97.0 Å². The van der Waals surface area contributed by atoms with Crippen LogP contribution >= 0.6 is 0 Å². The summed E-state index contributed by atoms with van der Waals surface area (Å²) in [6.45, 7) is 0. The van der Waals surface area contributed by atoms with Gasteiger partial charge in [0.25, 0.3) is 11.5 Å². The highest BCUT2D eigenvalue weighted by molar-refractivity contribution is 5.86. The smallest absolute Gasteiger partial charge is 0.270 e. The molecule has 0 aromatic heterocycles. The van der Waals surface area contributed by atoms with Crippen molar-refractivity contribution < 1.29 is 19.5 Å². The molecule has 0 amide bonds. The molecular weight excluding hydrogens is 324 g/mol. The molecule has 0 saturated heterocycles. The van der Waals surface area contributed by atoms with Crippen molar-refractivity contribution in [2.24, 2.45) is 4.99 Å². The van der Waals surface area contributed by atoms with Crippen LogP contribution in [0, 0.1) is 10.1 Å². The number of hydrogen-bond acceptors (Lipinski definition) is 6. The van der Waals surface area contributed by atoms with Crippen LogP contribution in [-0.2, 0) is 0 Å². The Morgan fingerprint density at radius 3 is 2.60 bits per heavy atom. The van der Waals surface area contributed by atoms with Gasteiger partial charge in [-0.25, -0.2) is 0 Å². The Morgan fingerprint density at radius 1 is 1.08 bits per heavy atom. The second-order valence-electron chi connectivity index (χ2n) is 6.19. The Labute approximate surface area is 143 Å². The van der Waals surface area contributed by atoms with Crippen molar-refractivity contribution in [3.8, 4) is 17.2 Å². The molecule has 2 aromatic carbocycles. The van der Waals surface area contributed by atoms with Gasteiger partial charge in [0.05, 0.1) is 10.6 Å². The van der Waals surface area contributed by atoms with Gasteiger partial charge >= 0.3 is 0 Å². The van der Waals surface area contributed by atoms with Crippen molar-refractivity contribution in [1.29, 1.82) is 0 Å². The number of ether oxygens (including phenoxy) is 2. The quantitative estimate of drug-likeness (QED) is 0.484. The van der Waals surface area contributed by atoms with E-state index in [0.717, 1.165) is 25.7 Å². The summed E-state index contributed by atoms with van der Waals surface area (Å²) in [5.74, 6) is 0.478. The Morgan fingerprint density at radius 2 is 1.84 bits per heavy atom.